The molecule has 9 heteroatoms. The van der Waals surface area contributed by atoms with Crippen LogP contribution in [0.25, 0.3) is 0 Å². The fraction of sp³-hybridized carbons (Fsp3) is 0.909. The molecule has 2 N–H and O–H groups in total. The van der Waals surface area contributed by atoms with Gasteiger partial charge in [0.15, 0.2) is 15.4 Å². The Balaban J connectivity index is 2.86. The standard InChI is InChI=1S/C11H18F3NO4S/c1-9(17,11(12,13)14)7-15-8(16)10(20(2,18)19)5-3-4-6-10/h17H,3-7H2,1-2H3,(H,15,16)/t9-/m0/s1. The summed E-state index contributed by atoms with van der Waals surface area (Å²) >= 11 is 0. The zero-order valence-electron chi connectivity index (χ0n) is 11.2. The largest absolute Gasteiger partial charge is 0.418 e. The monoisotopic (exact) mass is 317 g/mol. The van der Waals surface area contributed by atoms with Crippen molar-refractivity contribution in [1.29, 1.82) is 0 Å². The van der Waals surface area contributed by atoms with E-state index in [9.17, 15) is 31.5 Å². The van der Waals surface area contributed by atoms with Gasteiger partial charge in [0.2, 0.25) is 5.91 Å². The molecule has 0 bridgehead atoms. The second kappa shape index (κ2) is 5.18. The molecule has 1 atom stereocenters. The molecule has 0 aliphatic heterocycles. The Kier molecular flexibility index (Phi) is 4.46. The first kappa shape index (κ1) is 17.2. The normalized spacial score (nSPS) is 22.3. The molecule has 5 nitrogen and oxygen atoms in total. The molecule has 0 aromatic carbocycles. The third-order valence-electron chi connectivity index (χ3n) is 3.74. The molecule has 1 aliphatic carbocycles. The summed E-state index contributed by atoms with van der Waals surface area (Å²) < 4.78 is 59.3. The van der Waals surface area contributed by atoms with Gasteiger partial charge in [-0.15, -0.1) is 0 Å². The number of sulfone groups is 1. The van der Waals surface area contributed by atoms with Crippen LogP contribution in [0.2, 0.25) is 0 Å². The summed E-state index contributed by atoms with van der Waals surface area (Å²) in [6.07, 6.45) is -2.78. The lowest BCUT2D eigenvalue weighted by molar-refractivity contribution is -0.250. The summed E-state index contributed by atoms with van der Waals surface area (Å²) in [6.45, 7) is -0.554. The van der Waals surface area contributed by atoms with E-state index < -0.39 is 38.8 Å². The van der Waals surface area contributed by atoms with Crippen molar-refractivity contribution in [2.45, 2.75) is 49.1 Å². The predicted molar refractivity (Wildman–Crippen MR) is 65.7 cm³/mol. The summed E-state index contributed by atoms with van der Waals surface area (Å²) in [4.78, 5) is 12.0. The molecule has 0 aromatic rings. The number of nitrogens with one attached hydrogen (secondary N) is 1. The number of rotatable bonds is 4. The Labute approximate surface area is 115 Å². The Morgan fingerprint density at radius 3 is 2.10 bits per heavy atom. The number of carbonyl (C=O) groups is 1. The quantitative estimate of drug-likeness (QED) is 0.802. The van der Waals surface area contributed by atoms with E-state index in [0.717, 1.165) is 6.26 Å². The Morgan fingerprint density at radius 2 is 1.75 bits per heavy atom. The van der Waals surface area contributed by atoms with Gasteiger partial charge in [-0.3, -0.25) is 4.79 Å². The molecule has 0 saturated heterocycles. The summed E-state index contributed by atoms with van der Waals surface area (Å²) in [5, 5.41) is 11.2. The van der Waals surface area contributed by atoms with Crippen LogP contribution in [0, 0.1) is 0 Å². The van der Waals surface area contributed by atoms with Crippen LogP contribution in [-0.2, 0) is 14.6 Å². The Bertz CT molecular complexity index is 478. The van der Waals surface area contributed by atoms with Crippen LogP contribution in [-0.4, -0.2) is 48.8 Å². The fourth-order valence-electron chi connectivity index (χ4n) is 2.23. The molecule has 1 fully saturated rings. The van der Waals surface area contributed by atoms with Gasteiger partial charge in [0.25, 0.3) is 0 Å². The van der Waals surface area contributed by atoms with Crippen LogP contribution in [0.5, 0.6) is 0 Å². The van der Waals surface area contributed by atoms with Crippen molar-refractivity contribution in [3.63, 3.8) is 0 Å². The highest BCUT2D eigenvalue weighted by molar-refractivity contribution is 7.92. The molecule has 1 aliphatic rings. The minimum atomic E-state index is -4.91. The maximum atomic E-state index is 12.5. The molecule has 0 radical (unpaired) electrons. The highest BCUT2D eigenvalue weighted by Gasteiger charge is 2.53. The van der Waals surface area contributed by atoms with Crippen LogP contribution < -0.4 is 5.32 Å². The second-order valence-electron chi connectivity index (χ2n) is 5.43. The van der Waals surface area contributed by atoms with Gasteiger partial charge in [0, 0.05) is 6.26 Å². The van der Waals surface area contributed by atoms with Gasteiger partial charge in [-0.1, -0.05) is 12.8 Å². The van der Waals surface area contributed by atoms with Crippen LogP contribution in [0.4, 0.5) is 13.2 Å². The fourth-order valence-corrected chi connectivity index (χ4v) is 3.67. The van der Waals surface area contributed by atoms with Gasteiger partial charge in [-0.05, 0) is 19.8 Å². The first-order valence-corrected chi connectivity index (χ1v) is 8.00. The summed E-state index contributed by atoms with van der Waals surface area (Å²) in [6, 6.07) is 0. The van der Waals surface area contributed by atoms with E-state index in [1.165, 1.54) is 0 Å². The first-order valence-electron chi connectivity index (χ1n) is 6.10. The topological polar surface area (TPSA) is 83.5 Å². The van der Waals surface area contributed by atoms with E-state index in [-0.39, 0.29) is 12.8 Å². The Hall–Kier alpha value is -0.830. The van der Waals surface area contributed by atoms with Crippen molar-refractivity contribution in [2.75, 3.05) is 12.8 Å². The maximum absolute atomic E-state index is 12.5. The van der Waals surface area contributed by atoms with Gasteiger partial charge >= 0.3 is 6.18 Å². The zero-order valence-corrected chi connectivity index (χ0v) is 12.1. The molecule has 0 heterocycles. The average Bonchev–Trinajstić information content (AvgIpc) is 2.73. The van der Waals surface area contributed by atoms with E-state index in [2.05, 4.69) is 0 Å². The van der Waals surface area contributed by atoms with Crippen molar-refractivity contribution in [3.8, 4) is 0 Å². The molecule has 0 spiro atoms. The number of alkyl halides is 3. The summed E-state index contributed by atoms with van der Waals surface area (Å²) in [7, 11) is -3.74. The van der Waals surface area contributed by atoms with Gasteiger partial charge in [0.05, 0.1) is 6.54 Å². The molecular weight excluding hydrogens is 299 g/mol. The lowest BCUT2D eigenvalue weighted by Crippen LogP contribution is -2.56. The van der Waals surface area contributed by atoms with E-state index in [1.54, 1.807) is 0 Å². The molecule has 118 valence electrons. The molecule has 1 amide bonds. The molecule has 0 unspecified atom stereocenters. The number of hydrogen-bond donors (Lipinski definition) is 2. The van der Waals surface area contributed by atoms with Gasteiger partial charge in [-0.2, -0.15) is 13.2 Å². The van der Waals surface area contributed by atoms with Crippen LogP contribution in [0.15, 0.2) is 0 Å². The van der Waals surface area contributed by atoms with Crippen LogP contribution in [0.3, 0.4) is 0 Å². The lowest BCUT2D eigenvalue weighted by Gasteiger charge is -2.30. The van der Waals surface area contributed by atoms with E-state index in [1.807, 2.05) is 5.32 Å². The van der Waals surface area contributed by atoms with Crippen molar-refractivity contribution >= 4 is 15.7 Å². The van der Waals surface area contributed by atoms with Gasteiger partial charge in [0.1, 0.15) is 4.75 Å². The molecule has 1 saturated carbocycles. The SMILES string of the molecule is C[C@](O)(CNC(=O)C1(S(C)(=O)=O)CCCC1)C(F)(F)F. The third-order valence-corrected chi connectivity index (χ3v) is 5.75. The summed E-state index contributed by atoms with van der Waals surface area (Å²) in [5.41, 5.74) is -3.10. The predicted octanol–water partition coefficient (Wildman–Crippen LogP) is 0.773. The molecule has 1 rings (SSSR count). The van der Waals surface area contributed by atoms with Crippen LogP contribution in [0.1, 0.15) is 32.6 Å². The number of carbonyl (C=O) groups excluding carboxylic acids is 1. The van der Waals surface area contributed by atoms with E-state index in [0.29, 0.717) is 19.8 Å². The second-order valence-corrected chi connectivity index (χ2v) is 7.75. The Morgan fingerprint density at radius 1 is 1.30 bits per heavy atom. The minimum Gasteiger partial charge on any atom is -0.379 e. The zero-order chi connectivity index (χ0) is 15.8. The van der Waals surface area contributed by atoms with Crippen molar-refractivity contribution in [3.05, 3.63) is 0 Å². The average molecular weight is 317 g/mol. The van der Waals surface area contributed by atoms with Crippen molar-refractivity contribution < 1.29 is 31.5 Å². The van der Waals surface area contributed by atoms with E-state index >= 15 is 0 Å². The first-order chi connectivity index (χ1) is 8.83. The molecule has 20 heavy (non-hydrogen) atoms. The van der Waals surface area contributed by atoms with E-state index in [4.69, 9.17) is 0 Å². The van der Waals surface area contributed by atoms with Crippen LogP contribution >= 0.6 is 0 Å². The number of hydrogen-bond acceptors (Lipinski definition) is 4. The van der Waals surface area contributed by atoms with Crippen molar-refractivity contribution in [2.24, 2.45) is 0 Å². The third kappa shape index (κ3) is 3.08. The number of amides is 1. The molecule has 0 aromatic heterocycles. The lowest BCUT2D eigenvalue weighted by atomic mass is 10.0. The van der Waals surface area contributed by atoms with Gasteiger partial charge in [-0.25, -0.2) is 8.42 Å². The molecular formula is C11H18F3NO4S. The highest BCUT2D eigenvalue weighted by Crippen LogP contribution is 2.37. The highest BCUT2D eigenvalue weighted by atomic mass is 32.2. The minimum absolute atomic E-state index is 0.0891. The maximum Gasteiger partial charge on any atom is 0.418 e. The number of aliphatic hydroxyl groups is 1. The summed E-state index contributed by atoms with van der Waals surface area (Å²) in [5.74, 6) is -0.970. The number of halogens is 3. The smallest absolute Gasteiger partial charge is 0.379 e. The van der Waals surface area contributed by atoms with Gasteiger partial charge < -0.3 is 10.4 Å². The van der Waals surface area contributed by atoms with Crippen molar-refractivity contribution in [1.82, 2.24) is 5.32 Å².